The van der Waals surface area contributed by atoms with Crippen LogP contribution in [0.5, 0.6) is 0 Å². The molecule has 0 aliphatic carbocycles. The van der Waals surface area contributed by atoms with E-state index >= 15 is 0 Å². The lowest BCUT2D eigenvalue weighted by Gasteiger charge is -1.95. The average molecular weight is 264 g/mol. The van der Waals surface area contributed by atoms with Gasteiger partial charge in [0.25, 0.3) is 0 Å². The monoisotopic (exact) mass is 264 g/mol. The molecule has 0 amide bonds. The van der Waals surface area contributed by atoms with E-state index in [1.54, 1.807) is 6.92 Å². The fraction of sp³-hybridized carbons (Fsp3) is 0.867. The summed E-state index contributed by atoms with van der Waals surface area (Å²) in [6, 6.07) is 0. The number of carbonyl (C=O) groups excluding carboxylic acids is 2. The van der Waals surface area contributed by atoms with E-state index in [4.69, 9.17) is 4.74 Å². The molecule has 3 nitrogen and oxygen atoms in total. The van der Waals surface area contributed by atoms with E-state index in [0.717, 1.165) is 26.1 Å². The van der Waals surface area contributed by atoms with Crippen molar-refractivity contribution in [3.8, 4) is 0 Å². The Morgan fingerprint density at radius 2 is 1.28 bits per heavy atom. The standard InChI is InChI=1S/C6H10O2.C6H14O.3CH4/c1-3-6(8)4-5(2)7;1-3-5-7-6-4-2;;;/h3-4H2,1-2H3;3-6H2,1-2H3;3*1H4. The third-order valence-electron chi connectivity index (χ3n) is 1.54. The summed E-state index contributed by atoms with van der Waals surface area (Å²) < 4.78 is 5.13. The molecule has 0 heterocycles. The van der Waals surface area contributed by atoms with Gasteiger partial charge in [-0.2, -0.15) is 0 Å². The van der Waals surface area contributed by atoms with Gasteiger partial charge in [-0.3, -0.25) is 9.59 Å². The van der Waals surface area contributed by atoms with Crippen molar-refractivity contribution in [1.82, 2.24) is 0 Å². The number of Topliss-reactive ketones (excluding diaryl/α,β-unsaturated/α-hetero) is 2. The molecule has 0 spiro atoms. The predicted molar refractivity (Wildman–Crippen MR) is 82.2 cm³/mol. The zero-order valence-electron chi connectivity index (χ0n) is 10.5. The van der Waals surface area contributed by atoms with Crippen LogP contribution in [0.3, 0.4) is 0 Å². The largest absolute Gasteiger partial charge is 0.381 e. The highest BCUT2D eigenvalue weighted by molar-refractivity contribution is 5.97. The minimum atomic E-state index is -0.0446. The van der Waals surface area contributed by atoms with Crippen LogP contribution in [0.25, 0.3) is 0 Å². The Labute approximate surface area is 115 Å². The van der Waals surface area contributed by atoms with E-state index in [9.17, 15) is 9.59 Å². The molecule has 3 heteroatoms. The van der Waals surface area contributed by atoms with Crippen molar-refractivity contribution in [2.45, 2.75) is 75.7 Å². The number of rotatable bonds is 7. The lowest BCUT2D eigenvalue weighted by atomic mass is 10.2. The summed E-state index contributed by atoms with van der Waals surface area (Å²) >= 11 is 0. The third kappa shape index (κ3) is 36.2. The van der Waals surface area contributed by atoms with Crippen molar-refractivity contribution >= 4 is 11.6 Å². The van der Waals surface area contributed by atoms with Crippen LogP contribution in [0.4, 0.5) is 0 Å². The Kier molecular flexibility index (Phi) is 42.6. The molecule has 0 unspecified atom stereocenters. The van der Waals surface area contributed by atoms with E-state index in [2.05, 4.69) is 13.8 Å². The number of hydrogen-bond acceptors (Lipinski definition) is 3. The molecular weight excluding hydrogens is 228 g/mol. The Morgan fingerprint density at radius 3 is 1.44 bits per heavy atom. The van der Waals surface area contributed by atoms with Crippen LogP contribution in [-0.4, -0.2) is 24.8 Å². The second kappa shape index (κ2) is 25.2. The maximum absolute atomic E-state index is 10.4. The molecule has 0 saturated carbocycles. The Morgan fingerprint density at radius 1 is 0.889 bits per heavy atom. The van der Waals surface area contributed by atoms with Gasteiger partial charge < -0.3 is 4.74 Å². The molecule has 0 saturated heterocycles. The van der Waals surface area contributed by atoms with E-state index < -0.39 is 0 Å². The van der Waals surface area contributed by atoms with Crippen LogP contribution < -0.4 is 0 Å². The van der Waals surface area contributed by atoms with E-state index in [1.165, 1.54) is 6.92 Å². The first-order valence-corrected chi connectivity index (χ1v) is 5.67. The summed E-state index contributed by atoms with van der Waals surface area (Å²) in [6.45, 7) is 9.27. The smallest absolute Gasteiger partial charge is 0.139 e. The van der Waals surface area contributed by atoms with Crippen molar-refractivity contribution in [2.75, 3.05) is 13.2 Å². The van der Waals surface area contributed by atoms with E-state index in [0.29, 0.717) is 6.42 Å². The SMILES string of the molecule is C.C.C.CCC(=O)CC(C)=O.CCCOCCC. The summed E-state index contributed by atoms with van der Waals surface area (Å²) in [7, 11) is 0. The van der Waals surface area contributed by atoms with Crippen LogP contribution in [0.1, 0.15) is 75.7 Å². The first-order valence-electron chi connectivity index (χ1n) is 5.67. The molecular formula is C15H36O3. The van der Waals surface area contributed by atoms with Crippen LogP contribution in [0.15, 0.2) is 0 Å². The minimum absolute atomic E-state index is 0. The molecule has 0 fully saturated rings. The lowest BCUT2D eigenvalue weighted by Crippen LogP contribution is -2.01. The zero-order valence-corrected chi connectivity index (χ0v) is 10.5. The van der Waals surface area contributed by atoms with Gasteiger partial charge >= 0.3 is 0 Å². The van der Waals surface area contributed by atoms with Gasteiger partial charge in [-0.15, -0.1) is 0 Å². The molecule has 18 heavy (non-hydrogen) atoms. The molecule has 0 bridgehead atoms. The maximum atomic E-state index is 10.4. The first-order chi connectivity index (χ1) is 7.08. The van der Waals surface area contributed by atoms with Crippen LogP contribution >= 0.6 is 0 Å². The first kappa shape index (κ1) is 30.4. The summed E-state index contributed by atoms with van der Waals surface area (Å²) in [6.07, 6.45) is 2.86. The summed E-state index contributed by atoms with van der Waals surface area (Å²) in [5.74, 6) is -0.0191. The number of hydrogen-bond donors (Lipinski definition) is 0. The molecule has 0 rings (SSSR count). The van der Waals surface area contributed by atoms with Crippen molar-refractivity contribution in [2.24, 2.45) is 0 Å². The fourth-order valence-corrected chi connectivity index (χ4v) is 0.793. The Bertz CT molecular complexity index is 161. The highest BCUT2D eigenvalue weighted by Crippen LogP contribution is 1.88. The highest BCUT2D eigenvalue weighted by atomic mass is 16.5. The number of ketones is 2. The predicted octanol–water partition coefficient (Wildman–Crippen LogP) is 4.68. The molecule has 0 aromatic heterocycles. The summed E-state index contributed by atoms with van der Waals surface area (Å²) in [4.78, 5) is 20.6. The second-order valence-electron chi connectivity index (χ2n) is 3.38. The van der Waals surface area contributed by atoms with Gasteiger partial charge in [0.2, 0.25) is 0 Å². The van der Waals surface area contributed by atoms with Crippen LogP contribution in [-0.2, 0) is 14.3 Å². The molecule has 114 valence electrons. The molecule has 0 N–H and O–H groups in total. The Hall–Kier alpha value is -0.700. The fourth-order valence-electron chi connectivity index (χ4n) is 0.793. The van der Waals surface area contributed by atoms with Crippen molar-refractivity contribution in [3.63, 3.8) is 0 Å². The second-order valence-corrected chi connectivity index (χ2v) is 3.38. The van der Waals surface area contributed by atoms with Gasteiger partial charge in [0.15, 0.2) is 0 Å². The van der Waals surface area contributed by atoms with Crippen LogP contribution in [0.2, 0.25) is 0 Å². The van der Waals surface area contributed by atoms with E-state index in [1.807, 2.05) is 0 Å². The molecule has 0 aliphatic heterocycles. The van der Waals surface area contributed by atoms with Gasteiger partial charge in [-0.05, 0) is 19.8 Å². The van der Waals surface area contributed by atoms with Gasteiger partial charge in [0.1, 0.15) is 11.6 Å². The number of ether oxygens (including phenoxy) is 1. The molecule has 0 aliphatic rings. The van der Waals surface area contributed by atoms with Gasteiger partial charge in [0.05, 0.1) is 6.42 Å². The lowest BCUT2D eigenvalue weighted by molar-refractivity contribution is -0.125. The molecule has 0 atom stereocenters. The summed E-state index contributed by atoms with van der Waals surface area (Å²) in [5, 5.41) is 0. The third-order valence-corrected chi connectivity index (χ3v) is 1.54. The Balaban J connectivity index is -0.0000000540. The van der Waals surface area contributed by atoms with Crippen molar-refractivity contribution in [3.05, 3.63) is 0 Å². The van der Waals surface area contributed by atoms with Crippen molar-refractivity contribution in [1.29, 1.82) is 0 Å². The quantitative estimate of drug-likeness (QED) is 0.495. The zero-order chi connectivity index (χ0) is 12.1. The van der Waals surface area contributed by atoms with Gasteiger partial charge in [-0.1, -0.05) is 43.1 Å². The molecule has 0 radical (unpaired) electrons. The topological polar surface area (TPSA) is 43.4 Å². The molecule has 0 aromatic carbocycles. The van der Waals surface area contributed by atoms with Gasteiger partial charge in [0, 0.05) is 19.6 Å². The number of carbonyl (C=O) groups is 2. The van der Waals surface area contributed by atoms with Crippen molar-refractivity contribution < 1.29 is 14.3 Å². The normalized spacial score (nSPS) is 7.56. The molecule has 0 aromatic rings. The van der Waals surface area contributed by atoms with Crippen LogP contribution in [0, 0.1) is 0 Å². The highest BCUT2D eigenvalue weighted by Gasteiger charge is 1.99. The van der Waals surface area contributed by atoms with Gasteiger partial charge in [-0.25, -0.2) is 0 Å². The average Bonchev–Trinajstić information content (AvgIpc) is 2.18. The maximum Gasteiger partial charge on any atom is 0.139 e. The van der Waals surface area contributed by atoms with E-state index in [-0.39, 0.29) is 40.3 Å². The minimum Gasteiger partial charge on any atom is -0.381 e. The summed E-state index contributed by atoms with van der Waals surface area (Å²) in [5.41, 5.74) is 0.